The summed E-state index contributed by atoms with van der Waals surface area (Å²) < 4.78 is 0. The van der Waals surface area contributed by atoms with Crippen molar-refractivity contribution in [1.29, 1.82) is 0 Å². The topological polar surface area (TPSA) is 66.4 Å². The van der Waals surface area contributed by atoms with Gasteiger partial charge in [-0.2, -0.15) is 0 Å². The third-order valence-electron chi connectivity index (χ3n) is 4.42. The summed E-state index contributed by atoms with van der Waals surface area (Å²) in [6.45, 7) is 2.25. The van der Waals surface area contributed by atoms with Crippen molar-refractivity contribution in [2.24, 2.45) is 0 Å². The molecule has 0 atom stereocenters. The summed E-state index contributed by atoms with van der Waals surface area (Å²) in [4.78, 5) is 21.9. The third-order valence-corrected chi connectivity index (χ3v) is 4.42. The first-order chi connectivity index (χ1) is 12.6. The Labute approximate surface area is 157 Å². The van der Waals surface area contributed by atoms with Crippen LogP contribution in [-0.4, -0.2) is 17.0 Å². The molecule has 4 nitrogen and oxygen atoms in total. The number of aryl methyl sites for hydroxylation is 1. The highest BCUT2D eigenvalue weighted by Crippen LogP contribution is 2.14. The molecule has 2 N–H and O–H groups in total. The summed E-state index contributed by atoms with van der Waals surface area (Å²) in [6, 6.07) is 7.75. The first kappa shape index (κ1) is 21.9. The van der Waals surface area contributed by atoms with Crippen molar-refractivity contribution in [2.75, 3.05) is 5.32 Å². The van der Waals surface area contributed by atoms with E-state index in [0.717, 1.165) is 18.6 Å². The van der Waals surface area contributed by atoms with Crippen molar-refractivity contribution in [2.45, 2.75) is 77.6 Å². The molecule has 26 heavy (non-hydrogen) atoms. The van der Waals surface area contributed by atoms with Gasteiger partial charge in [0.1, 0.15) is 0 Å². The molecule has 1 aromatic rings. The Balaban J connectivity index is 2.11. The van der Waals surface area contributed by atoms with Gasteiger partial charge in [-0.3, -0.25) is 4.79 Å². The number of anilines is 1. The van der Waals surface area contributed by atoms with Crippen molar-refractivity contribution < 1.29 is 14.7 Å². The fourth-order valence-corrected chi connectivity index (χ4v) is 2.90. The maximum Gasteiger partial charge on any atom is 0.328 e. The smallest absolute Gasteiger partial charge is 0.328 e. The Kier molecular flexibility index (Phi) is 11.9. The number of unbranched alkanes of at least 4 members (excludes halogenated alkanes) is 9. The third kappa shape index (κ3) is 11.5. The molecule has 0 fully saturated rings. The van der Waals surface area contributed by atoms with Crippen molar-refractivity contribution in [3.63, 3.8) is 0 Å². The number of carbonyl (C=O) groups excluding carboxylic acids is 1. The zero-order chi connectivity index (χ0) is 19.0. The highest BCUT2D eigenvalue weighted by molar-refractivity contribution is 6.02. The summed E-state index contributed by atoms with van der Waals surface area (Å²) >= 11 is 0. The molecular formula is C22H33NO3. The number of carboxylic acid groups (broad SMARTS) is 1. The fraction of sp³-hybridized carbons (Fsp3) is 0.545. The number of carboxylic acids is 1. The van der Waals surface area contributed by atoms with Crippen LogP contribution in [0.25, 0.3) is 0 Å². The Morgan fingerprint density at radius 3 is 1.92 bits per heavy atom. The second kappa shape index (κ2) is 14.1. The molecule has 0 heterocycles. The molecule has 0 aromatic heterocycles. The minimum absolute atomic E-state index is 0.435. The van der Waals surface area contributed by atoms with Gasteiger partial charge < -0.3 is 10.4 Å². The number of hydrogen-bond acceptors (Lipinski definition) is 2. The minimum Gasteiger partial charge on any atom is -0.478 e. The van der Waals surface area contributed by atoms with Crippen LogP contribution in [0.5, 0.6) is 0 Å². The number of hydrogen-bond donors (Lipinski definition) is 2. The molecule has 1 aromatic carbocycles. The van der Waals surface area contributed by atoms with Crippen LogP contribution in [0.3, 0.4) is 0 Å². The molecule has 0 spiro atoms. The van der Waals surface area contributed by atoms with Gasteiger partial charge >= 0.3 is 5.97 Å². The van der Waals surface area contributed by atoms with Gasteiger partial charge in [0.25, 0.3) is 0 Å². The fourth-order valence-electron chi connectivity index (χ4n) is 2.90. The molecule has 4 heteroatoms. The Morgan fingerprint density at radius 1 is 0.846 bits per heavy atom. The zero-order valence-electron chi connectivity index (χ0n) is 16.0. The van der Waals surface area contributed by atoms with E-state index in [1.54, 1.807) is 0 Å². The maximum absolute atomic E-state index is 11.5. The quantitative estimate of drug-likeness (QED) is 0.329. The highest BCUT2D eigenvalue weighted by atomic mass is 16.4. The van der Waals surface area contributed by atoms with Gasteiger partial charge in [-0.25, -0.2) is 4.79 Å². The number of amides is 1. The summed E-state index contributed by atoms with van der Waals surface area (Å²) in [5, 5.41) is 11.1. The van der Waals surface area contributed by atoms with Crippen molar-refractivity contribution in [1.82, 2.24) is 0 Å². The average molecular weight is 360 g/mol. The van der Waals surface area contributed by atoms with Crippen LogP contribution < -0.4 is 5.32 Å². The zero-order valence-corrected chi connectivity index (χ0v) is 16.0. The molecule has 1 amide bonds. The maximum atomic E-state index is 11.5. The number of aliphatic carboxylic acids is 1. The summed E-state index contributed by atoms with van der Waals surface area (Å²) in [5.41, 5.74) is 1.94. The van der Waals surface area contributed by atoms with Crippen LogP contribution in [0.1, 0.15) is 76.7 Å². The van der Waals surface area contributed by atoms with E-state index in [9.17, 15) is 9.59 Å². The predicted molar refractivity (Wildman–Crippen MR) is 107 cm³/mol. The van der Waals surface area contributed by atoms with E-state index in [1.165, 1.54) is 69.8 Å². The molecule has 0 unspecified atom stereocenters. The lowest BCUT2D eigenvalue weighted by atomic mass is 10.0. The van der Waals surface area contributed by atoms with E-state index >= 15 is 0 Å². The molecule has 0 aliphatic rings. The van der Waals surface area contributed by atoms with E-state index in [2.05, 4.69) is 12.2 Å². The molecule has 144 valence electrons. The van der Waals surface area contributed by atoms with Gasteiger partial charge in [0.15, 0.2) is 0 Å². The number of rotatable bonds is 14. The molecule has 0 saturated heterocycles. The molecule has 1 rings (SSSR count). The monoisotopic (exact) mass is 359 g/mol. The van der Waals surface area contributed by atoms with Crippen molar-refractivity contribution in [3.8, 4) is 0 Å². The lowest BCUT2D eigenvalue weighted by Gasteiger charge is -2.05. The number of benzene rings is 1. The molecular weight excluding hydrogens is 326 g/mol. The van der Waals surface area contributed by atoms with Gasteiger partial charge in [-0.15, -0.1) is 0 Å². The summed E-state index contributed by atoms with van der Waals surface area (Å²) in [5.74, 6) is -1.57. The normalized spacial score (nSPS) is 11.0. The SMILES string of the molecule is CCCCCCCCCCCCc1ccc(NC(=O)/C=C\C(=O)O)cc1. The van der Waals surface area contributed by atoms with E-state index in [1.807, 2.05) is 24.3 Å². The van der Waals surface area contributed by atoms with Gasteiger partial charge in [0.2, 0.25) is 5.91 Å². The van der Waals surface area contributed by atoms with Crippen LogP contribution in [0.4, 0.5) is 5.69 Å². The van der Waals surface area contributed by atoms with Gasteiger partial charge in [-0.1, -0.05) is 76.8 Å². The van der Waals surface area contributed by atoms with Crippen LogP contribution in [0, 0.1) is 0 Å². The standard InChI is InChI=1S/C22H33NO3/c1-2-3-4-5-6-7-8-9-10-11-12-19-13-15-20(16-14-19)23-21(24)17-18-22(25)26/h13-18H,2-12H2,1H3,(H,23,24)(H,25,26)/b18-17-. The second-order valence-electron chi connectivity index (χ2n) is 6.79. The predicted octanol–water partition coefficient (Wildman–Crippen LogP) is 5.73. The molecule has 0 bridgehead atoms. The van der Waals surface area contributed by atoms with E-state index < -0.39 is 11.9 Å². The van der Waals surface area contributed by atoms with E-state index in [0.29, 0.717) is 5.69 Å². The molecule has 0 aliphatic heterocycles. The van der Waals surface area contributed by atoms with E-state index in [-0.39, 0.29) is 0 Å². The molecule has 0 radical (unpaired) electrons. The Bertz CT molecular complexity index is 549. The summed E-state index contributed by atoms with van der Waals surface area (Å²) in [7, 11) is 0. The summed E-state index contributed by atoms with van der Waals surface area (Å²) in [6.07, 6.45) is 16.3. The molecule has 0 aliphatic carbocycles. The van der Waals surface area contributed by atoms with Crippen LogP contribution in [0.2, 0.25) is 0 Å². The van der Waals surface area contributed by atoms with Crippen LogP contribution >= 0.6 is 0 Å². The second-order valence-corrected chi connectivity index (χ2v) is 6.79. The largest absolute Gasteiger partial charge is 0.478 e. The van der Waals surface area contributed by atoms with Crippen LogP contribution in [0.15, 0.2) is 36.4 Å². The number of carbonyl (C=O) groups is 2. The average Bonchev–Trinajstić information content (AvgIpc) is 2.63. The Morgan fingerprint density at radius 2 is 1.38 bits per heavy atom. The van der Waals surface area contributed by atoms with Gasteiger partial charge in [-0.05, 0) is 30.5 Å². The van der Waals surface area contributed by atoms with Gasteiger partial charge in [0.05, 0.1) is 0 Å². The highest BCUT2D eigenvalue weighted by Gasteiger charge is 2.00. The van der Waals surface area contributed by atoms with E-state index in [4.69, 9.17) is 5.11 Å². The Hall–Kier alpha value is -2.10. The van der Waals surface area contributed by atoms with Crippen LogP contribution in [-0.2, 0) is 16.0 Å². The van der Waals surface area contributed by atoms with Gasteiger partial charge in [0, 0.05) is 17.8 Å². The first-order valence-corrected chi connectivity index (χ1v) is 9.92. The first-order valence-electron chi connectivity index (χ1n) is 9.92. The molecule has 0 saturated carbocycles. The number of nitrogens with one attached hydrogen (secondary N) is 1. The minimum atomic E-state index is -1.13. The lowest BCUT2D eigenvalue weighted by Crippen LogP contribution is -2.08. The lowest BCUT2D eigenvalue weighted by molar-refractivity contribution is -0.131. The van der Waals surface area contributed by atoms with Crippen molar-refractivity contribution >= 4 is 17.6 Å². The van der Waals surface area contributed by atoms with Crippen molar-refractivity contribution in [3.05, 3.63) is 42.0 Å².